The van der Waals surface area contributed by atoms with Gasteiger partial charge in [0.25, 0.3) is 5.91 Å². The van der Waals surface area contributed by atoms with Gasteiger partial charge in [-0.1, -0.05) is 0 Å². The van der Waals surface area contributed by atoms with E-state index in [9.17, 15) is 22.8 Å². The second-order valence-corrected chi connectivity index (χ2v) is 6.61. The Kier molecular flexibility index (Phi) is 4.07. The number of amides is 3. The Morgan fingerprint density at radius 3 is 2.50 bits per heavy atom. The van der Waals surface area contributed by atoms with Gasteiger partial charge in [0, 0.05) is 24.9 Å². The molecule has 2 aliphatic rings. The van der Waals surface area contributed by atoms with Gasteiger partial charge < -0.3 is 4.90 Å². The third-order valence-electron chi connectivity index (χ3n) is 5.13. The number of benzene rings is 1. The Morgan fingerprint density at radius 1 is 1.14 bits per heavy atom. The van der Waals surface area contributed by atoms with E-state index in [0.717, 1.165) is 16.5 Å². The van der Waals surface area contributed by atoms with Crippen molar-refractivity contribution in [3.05, 3.63) is 59.4 Å². The number of alkyl halides is 3. The van der Waals surface area contributed by atoms with Gasteiger partial charge in [0.15, 0.2) is 0 Å². The second kappa shape index (κ2) is 6.34. The van der Waals surface area contributed by atoms with Crippen LogP contribution in [-0.2, 0) is 11.0 Å². The molecule has 2 unspecified atom stereocenters. The predicted molar refractivity (Wildman–Crippen MR) is 91.1 cm³/mol. The fourth-order valence-corrected chi connectivity index (χ4v) is 3.87. The van der Waals surface area contributed by atoms with Crippen LogP contribution in [0.25, 0.3) is 0 Å². The number of imide groups is 1. The first-order chi connectivity index (χ1) is 13.3. The van der Waals surface area contributed by atoms with E-state index in [1.54, 1.807) is 24.5 Å². The standard InChI is InChI=1S/C19H13F3N4O2/c20-19(21,22)15-9-13(2-1-12(15)10-23)26-17(27)16-14(5-8-25(16)18(26)28)11-3-6-24-7-4-11/h1-4,6-7,9,14,16H,5,8H2. The number of rotatable bonds is 2. The van der Waals surface area contributed by atoms with Crippen LogP contribution >= 0.6 is 0 Å². The number of halogens is 3. The van der Waals surface area contributed by atoms with Crippen LogP contribution in [0.1, 0.15) is 29.0 Å². The lowest BCUT2D eigenvalue weighted by Crippen LogP contribution is -2.34. The van der Waals surface area contributed by atoms with Crippen molar-refractivity contribution < 1.29 is 22.8 Å². The molecule has 6 nitrogen and oxygen atoms in total. The van der Waals surface area contributed by atoms with Crippen molar-refractivity contribution in [2.75, 3.05) is 11.4 Å². The van der Waals surface area contributed by atoms with E-state index >= 15 is 0 Å². The third-order valence-corrected chi connectivity index (χ3v) is 5.13. The van der Waals surface area contributed by atoms with Crippen LogP contribution in [0.5, 0.6) is 0 Å². The topological polar surface area (TPSA) is 77.3 Å². The number of carbonyl (C=O) groups excluding carboxylic acids is 2. The molecular formula is C19H13F3N4O2. The van der Waals surface area contributed by atoms with Crippen molar-refractivity contribution in [3.63, 3.8) is 0 Å². The van der Waals surface area contributed by atoms with Crippen LogP contribution in [0.4, 0.5) is 23.7 Å². The molecule has 0 radical (unpaired) electrons. The average molecular weight is 386 g/mol. The molecule has 2 aliphatic heterocycles. The van der Waals surface area contributed by atoms with Gasteiger partial charge in [-0.05, 0) is 42.3 Å². The first kappa shape index (κ1) is 18.0. The zero-order valence-electron chi connectivity index (χ0n) is 14.3. The minimum atomic E-state index is -4.78. The summed E-state index contributed by atoms with van der Waals surface area (Å²) in [5.74, 6) is -0.813. The van der Waals surface area contributed by atoms with Crippen molar-refractivity contribution in [1.29, 1.82) is 5.26 Å². The molecule has 2 aromatic rings. The number of nitrogens with zero attached hydrogens (tertiary/aromatic N) is 4. The molecule has 0 saturated carbocycles. The van der Waals surface area contributed by atoms with E-state index in [4.69, 9.17) is 5.26 Å². The maximum absolute atomic E-state index is 13.3. The molecule has 1 aromatic heterocycles. The van der Waals surface area contributed by atoms with E-state index in [1.165, 1.54) is 17.0 Å². The summed E-state index contributed by atoms with van der Waals surface area (Å²) >= 11 is 0. The summed E-state index contributed by atoms with van der Waals surface area (Å²) in [5.41, 5.74) is -1.08. The number of aromatic nitrogens is 1. The summed E-state index contributed by atoms with van der Waals surface area (Å²) in [4.78, 5) is 31.9. The molecule has 3 heterocycles. The molecule has 142 valence electrons. The highest BCUT2D eigenvalue weighted by Crippen LogP contribution is 2.41. The molecule has 0 spiro atoms. The van der Waals surface area contributed by atoms with Crippen molar-refractivity contribution in [3.8, 4) is 6.07 Å². The highest BCUT2D eigenvalue weighted by molar-refractivity contribution is 6.22. The third kappa shape index (κ3) is 2.69. The number of hydrogen-bond acceptors (Lipinski definition) is 4. The van der Waals surface area contributed by atoms with Crippen LogP contribution in [0.2, 0.25) is 0 Å². The monoisotopic (exact) mass is 386 g/mol. The Hall–Kier alpha value is -3.41. The number of urea groups is 1. The van der Waals surface area contributed by atoms with E-state index in [2.05, 4.69) is 4.98 Å². The van der Waals surface area contributed by atoms with Crippen molar-refractivity contribution in [1.82, 2.24) is 9.88 Å². The molecule has 2 atom stereocenters. The molecule has 3 amide bonds. The smallest absolute Gasteiger partial charge is 0.311 e. The molecule has 9 heteroatoms. The highest BCUT2D eigenvalue weighted by atomic mass is 19.4. The summed E-state index contributed by atoms with van der Waals surface area (Å²) in [6.45, 7) is 0.334. The molecule has 0 aliphatic carbocycles. The fraction of sp³-hybridized carbons (Fsp3) is 0.263. The number of hydrogen-bond donors (Lipinski definition) is 0. The normalized spacial score (nSPS) is 21.8. The lowest BCUT2D eigenvalue weighted by Gasteiger charge is -2.19. The van der Waals surface area contributed by atoms with Gasteiger partial charge in [-0.15, -0.1) is 0 Å². The minimum Gasteiger partial charge on any atom is -0.311 e. The van der Waals surface area contributed by atoms with E-state index in [1.807, 2.05) is 0 Å². The number of carbonyl (C=O) groups is 2. The Morgan fingerprint density at radius 2 is 1.86 bits per heavy atom. The molecule has 2 fully saturated rings. The predicted octanol–water partition coefficient (Wildman–Crippen LogP) is 3.30. The summed E-state index contributed by atoms with van der Waals surface area (Å²) in [7, 11) is 0. The van der Waals surface area contributed by atoms with Gasteiger partial charge in [-0.25, -0.2) is 9.69 Å². The summed E-state index contributed by atoms with van der Waals surface area (Å²) < 4.78 is 39.8. The Labute approximate surface area is 157 Å². The van der Waals surface area contributed by atoms with Crippen LogP contribution in [-0.4, -0.2) is 34.4 Å². The molecule has 0 bridgehead atoms. The van der Waals surface area contributed by atoms with Crippen LogP contribution in [0, 0.1) is 11.3 Å². The number of nitriles is 1. The van der Waals surface area contributed by atoms with Gasteiger partial charge in [0.05, 0.1) is 22.9 Å². The fourth-order valence-electron chi connectivity index (χ4n) is 3.87. The lowest BCUT2D eigenvalue weighted by molar-refractivity contribution is -0.137. The zero-order valence-corrected chi connectivity index (χ0v) is 14.3. The Bertz CT molecular complexity index is 1000. The van der Waals surface area contributed by atoms with Crippen LogP contribution in [0.3, 0.4) is 0 Å². The number of fused-ring (bicyclic) bond motifs is 1. The molecular weight excluding hydrogens is 373 g/mol. The van der Waals surface area contributed by atoms with Gasteiger partial charge >= 0.3 is 12.2 Å². The first-order valence-corrected chi connectivity index (χ1v) is 8.49. The molecule has 1 aromatic carbocycles. The molecule has 0 N–H and O–H groups in total. The maximum atomic E-state index is 13.3. The molecule has 4 rings (SSSR count). The van der Waals surface area contributed by atoms with E-state index in [0.29, 0.717) is 19.0 Å². The van der Waals surface area contributed by atoms with Gasteiger partial charge in [0.2, 0.25) is 0 Å². The maximum Gasteiger partial charge on any atom is 0.417 e. The highest BCUT2D eigenvalue weighted by Gasteiger charge is 2.53. The summed E-state index contributed by atoms with van der Waals surface area (Å²) in [5, 5.41) is 8.92. The Balaban J connectivity index is 1.72. The number of pyridine rings is 1. The second-order valence-electron chi connectivity index (χ2n) is 6.61. The zero-order chi connectivity index (χ0) is 20.1. The number of anilines is 1. The quantitative estimate of drug-likeness (QED) is 0.742. The van der Waals surface area contributed by atoms with Gasteiger partial charge in [0.1, 0.15) is 6.04 Å². The van der Waals surface area contributed by atoms with Gasteiger partial charge in [-0.2, -0.15) is 18.4 Å². The lowest BCUT2D eigenvalue weighted by atomic mass is 9.92. The SMILES string of the molecule is N#Cc1ccc(N2C(=O)C3C(c4ccncc4)CCN3C2=O)cc1C(F)(F)F. The van der Waals surface area contributed by atoms with Crippen molar-refractivity contribution in [2.45, 2.75) is 24.6 Å². The van der Waals surface area contributed by atoms with Crippen molar-refractivity contribution in [2.24, 2.45) is 0 Å². The van der Waals surface area contributed by atoms with Crippen LogP contribution in [0.15, 0.2) is 42.7 Å². The van der Waals surface area contributed by atoms with E-state index < -0.39 is 35.3 Å². The molecule has 28 heavy (non-hydrogen) atoms. The summed E-state index contributed by atoms with van der Waals surface area (Å²) in [6.07, 6.45) is -1.01. The molecule has 2 saturated heterocycles. The summed E-state index contributed by atoms with van der Waals surface area (Å²) in [6, 6.07) is 6.44. The van der Waals surface area contributed by atoms with Crippen molar-refractivity contribution >= 4 is 17.6 Å². The van der Waals surface area contributed by atoms with Crippen LogP contribution < -0.4 is 4.90 Å². The average Bonchev–Trinajstić information content (AvgIpc) is 3.22. The largest absolute Gasteiger partial charge is 0.417 e. The first-order valence-electron chi connectivity index (χ1n) is 8.49. The van der Waals surface area contributed by atoms with E-state index in [-0.39, 0.29) is 11.6 Å². The van der Waals surface area contributed by atoms with Gasteiger partial charge in [-0.3, -0.25) is 9.78 Å². The minimum absolute atomic E-state index is 0.191.